The van der Waals surface area contributed by atoms with Crippen LogP contribution >= 0.6 is 0 Å². The number of hydrogen-bond donors (Lipinski definition) is 0. The summed E-state index contributed by atoms with van der Waals surface area (Å²) in [5.41, 5.74) is 0.338. The highest BCUT2D eigenvalue weighted by Crippen LogP contribution is 2.30. The largest absolute Gasteiger partial charge is 0.416 e. The van der Waals surface area contributed by atoms with Gasteiger partial charge in [0, 0.05) is 19.0 Å². The monoisotopic (exact) mass is 341 g/mol. The molecule has 0 bridgehead atoms. The van der Waals surface area contributed by atoms with Crippen molar-refractivity contribution in [2.45, 2.75) is 52.1 Å². The number of likely N-dealkylation sites (tertiary alicyclic amines) is 1. The van der Waals surface area contributed by atoms with Crippen LogP contribution in [0, 0.1) is 11.8 Å². The van der Waals surface area contributed by atoms with Crippen LogP contribution < -0.4 is 0 Å². The fraction of sp³-hybridized carbons (Fsp3) is 0.632. The maximum Gasteiger partial charge on any atom is 0.416 e. The van der Waals surface area contributed by atoms with Gasteiger partial charge in [-0.3, -0.25) is 4.79 Å². The molecule has 2 rings (SSSR count). The summed E-state index contributed by atoms with van der Waals surface area (Å²) in [5, 5.41) is 0. The van der Waals surface area contributed by atoms with Crippen LogP contribution in [0.2, 0.25) is 0 Å². The molecule has 1 aromatic carbocycles. The lowest BCUT2D eigenvalue weighted by Gasteiger charge is -2.34. The number of benzene rings is 1. The van der Waals surface area contributed by atoms with Gasteiger partial charge in [-0.05, 0) is 55.7 Å². The number of amides is 1. The van der Waals surface area contributed by atoms with Crippen molar-refractivity contribution < 1.29 is 18.0 Å². The Hall–Kier alpha value is -1.52. The first-order valence-corrected chi connectivity index (χ1v) is 8.80. The lowest BCUT2D eigenvalue weighted by molar-refractivity contribution is -0.138. The highest BCUT2D eigenvalue weighted by molar-refractivity contribution is 5.78. The zero-order valence-corrected chi connectivity index (χ0v) is 14.4. The minimum Gasteiger partial charge on any atom is -0.342 e. The van der Waals surface area contributed by atoms with Crippen LogP contribution in [0.15, 0.2) is 24.3 Å². The third-order valence-corrected chi connectivity index (χ3v) is 5.07. The molecule has 1 aromatic rings. The van der Waals surface area contributed by atoms with E-state index in [1.165, 1.54) is 0 Å². The highest BCUT2D eigenvalue weighted by atomic mass is 19.4. The van der Waals surface area contributed by atoms with Gasteiger partial charge in [0.05, 0.1) is 5.56 Å². The number of rotatable bonds is 5. The van der Waals surface area contributed by atoms with Crippen molar-refractivity contribution in [3.8, 4) is 0 Å². The average molecular weight is 341 g/mol. The molecule has 1 aliphatic heterocycles. The summed E-state index contributed by atoms with van der Waals surface area (Å²) >= 11 is 0. The third kappa shape index (κ3) is 4.74. The summed E-state index contributed by atoms with van der Waals surface area (Å²) in [7, 11) is 0. The molecule has 24 heavy (non-hydrogen) atoms. The van der Waals surface area contributed by atoms with E-state index >= 15 is 0 Å². The lowest BCUT2D eigenvalue weighted by Crippen LogP contribution is -2.41. The summed E-state index contributed by atoms with van der Waals surface area (Å²) in [6.07, 6.45) is 0.103. The van der Waals surface area contributed by atoms with Gasteiger partial charge < -0.3 is 4.90 Å². The number of halogens is 3. The first kappa shape index (κ1) is 18.8. The summed E-state index contributed by atoms with van der Waals surface area (Å²) in [5.74, 6) is 0.817. The Morgan fingerprint density at radius 1 is 1.12 bits per heavy atom. The second-order valence-electron chi connectivity index (χ2n) is 6.68. The first-order chi connectivity index (χ1) is 11.3. The predicted octanol–water partition coefficient (Wildman–Crippen LogP) is 4.92. The Morgan fingerprint density at radius 3 is 2.12 bits per heavy atom. The molecular formula is C19H26F3NO. The fourth-order valence-corrected chi connectivity index (χ4v) is 3.42. The van der Waals surface area contributed by atoms with Crippen LogP contribution in [-0.4, -0.2) is 23.9 Å². The SMILES string of the molecule is CCC(CC)C(=O)N1CCC(Cc2ccc(C(F)(F)F)cc2)CC1. The third-order valence-electron chi connectivity index (χ3n) is 5.07. The molecule has 0 N–H and O–H groups in total. The van der Waals surface area contributed by atoms with Crippen LogP contribution in [0.3, 0.4) is 0 Å². The van der Waals surface area contributed by atoms with E-state index in [2.05, 4.69) is 0 Å². The molecule has 1 heterocycles. The van der Waals surface area contributed by atoms with Gasteiger partial charge in [0.1, 0.15) is 0 Å². The molecule has 1 saturated heterocycles. The quantitative estimate of drug-likeness (QED) is 0.744. The first-order valence-electron chi connectivity index (χ1n) is 8.80. The van der Waals surface area contributed by atoms with Crippen molar-refractivity contribution in [2.24, 2.45) is 11.8 Å². The van der Waals surface area contributed by atoms with Crippen LogP contribution in [-0.2, 0) is 17.4 Å². The van der Waals surface area contributed by atoms with Gasteiger partial charge in [-0.15, -0.1) is 0 Å². The maximum absolute atomic E-state index is 12.6. The van der Waals surface area contributed by atoms with Crippen molar-refractivity contribution in [3.63, 3.8) is 0 Å². The molecule has 0 unspecified atom stereocenters. The summed E-state index contributed by atoms with van der Waals surface area (Å²) in [6, 6.07) is 5.46. The normalized spacial score (nSPS) is 16.7. The standard InChI is InChI=1S/C19H26F3NO/c1-3-16(4-2)18(24)23-11-9-15(10-12-23)13-14-5-7-17(8-6-14)19(20,21)22/h5-8,15-16H,3-4,9-13H2,1-2H3. The van der Waals surface area contributed by atoms with Crippen molar-refractivity contribution in [3.05, 3.63) is 35.4 Å². The molecule has 1 aliphatic rings. The number of carbonyl (C=O) groups excluding carboxylic acids is 1. The lowest BCUT2D eigenvalue weighted by atomic mass is 9.89. The molecule has 1 amide bonds. The Balaban J connectivity index is 1.86. The van der Waals surface area contributed by atoms with Gasteiger partial charge in [-0.1, -0.05) is 26.0 Å². The predicted molar refractivity (Wildman–Crippen MR) is 88.5 cm³/mol. The number of alkyl halides is 3. The number of nitrogens with zero attached hydrogens (tertiary/aromatic N) is 1. The van der Waals surface area contributed by atoms with E-state index in [1.54, 1.807) is 12.1 Å². The molecule has 5 heteroatoms. The average Bonchev–Trinajstić information content (AvgIpc) is 2.56. The van der Waals surface area contributed by atoms with Gasteiger partial charge in [0.25, 0.3) is 0 Å². The van der Waals surface area contributed by atoms with E-state index in [0.717, 1.165) is 62.9 Å². The van der Waals surface area contributed by atoms with E-state index in [9.17, 15) is 18.0 Å². The second kappa shape index (κ2) is 8.04. The Bertz CT molecular complexity index is 527. The molecule has 0 spiro atoms. The number of hydrogen-bond acceptors (Lipinski definition) is 1. The van der Waals surface area contributed by atoms with E-state index in [-0.39, 0.29) is 11.8 Å². The van der Waals surface area contributed by atoms with E-state index < -0.39 is 11.7 Å². The van der Waals surface area contributed by atoms with Crippen LogP contribution in [0.1, 0.15) is 50.7 Å². The summed E-state index contributed by atoms with van der Waals surface area (Å²) in [4.78, 5) is 14.3. The number of carbonyl (C=O) groups is 1. The van der Waals surface area contributed by atoms with Crippen LogP contribution in [0.5, 0.6) is 0 Å². The second-order valence-corrected chi connectivity index (χ2v) is 6.68. The highest BCUT2D eigenvalue weighted by Gasteiger charge is 2.30. The molecular weight excluding hydrogens is 315 g/mol. The molecule has 1 fully saturated rings. The van der Waals surface area contributed by atoms with Crippen molar-refractivity contribution in [1.29, 1.82) is 0 Å². The smallest absolute Gasteiger partial charge is 0.342 e. The fourth-order valence-electron chi connectivity index (χ4n) is 3.42. The molecule has 0 aliphatic carbocycles. The topological polar surface area (TPSA) is 20.3 Å². The van der Waals surface area contributed by atoms with Gasteiger partial charge in [-0.25, -0.2) is 0 Å². The van der Waals surface area contributed by atoms with Crippen molar-refractivity contribution in [1.82, 2.24) is 4.90 Å². The van der Waals surface area contributed by atoms with E-state index in [0.29, 0.717) is 5.92 Å². The minimum atomic E-state index is -4.28. The summed E-state index contributed by atoms with van der Waals surface area (Å²) < 4.78 is 37.7. The molecule has 0 atom stereocenters. The summed E-state index contributed by atoms with van der Waals surface area (Å²) in [6.45, 7) is 5.62. The van der Waals surface area contributed by atoms with Gasteiger partial charge in [0.2, 0.25) is 5.91 Å². The molecule has 0 radical (unpaired) electrons. The zero-order chi connectivity index (χ0) is 17.7. The zero-order valence-electron chi connectivity index (χ0n) is 14.4. The number of piperidine rings is 1. The van der Waals surface area contributed by atoms with E-state index in [1.807, 2.05) is 18.7 Å². The van der Waals surface area contributed by atoms with Crippen LogP contribution in [0.25, 0.3) is 0 Å². The maximum atomic E-state index is 12.6. The minimum absolute atomic E-state index is 0.122. The van der Waals surface area contributed by atoms with E-state index in [4.69, 9.17) is 0 Å². The molecule has 0 aromatic heterocycles. The van der Waals surface area contributed by atoms with Gasteiger partial charge >= 0.3 is 6.18 Å². The Kier molecular flexibility index (Phi) is 6.30. The van der Waals surface area contributed by atoms with Crippen LogP contribution in [0.4, 0.5) is 13.2 Å². The van der Waals surface area contributed by atoms with Crippen molar-refractivity contribution in [2.75, 3.05) is 13.1 Å². The molecule has 134 valence electrons. The van der Waals surface area contributed by atoms with Gasteiger partial charge in [-0.2, -0.15) is 13.2 Å². The van der Waals surface area contributed by atoms with Crippen molar-refractivity contribution >= 4 is 5.91 Å². The Morgan fingerprint density at radius 2 is 1.67 bits per heavy atom. The molecule has 0 saturated carbocycles. The van der Waals surface area contributed by atoms with Gasteiger partial charge in [0.15, 0.2) is 0 Å². The Labute approximate surface area is 142 Å². The molecule has 2 nitrogen and oxygen atoms in total.